The van der Waals surface area contributed by atoms with Crippen molar-refractivity contribution in [3.05, 3.63) is 82.4 Å². The molecule has 2 heterocycles. The summed E-state index contributed by atoms with van der Waals surface area (Å²) in [5, 5.41) is 6.74. The average molecular weight is 538 g/mol. The Kier molecular flexibility index (Phi) is 7.73. The van der Waals surface area contributed by atoms with Crippen LogP contribution in [0.3, 0.4) is 0 Å². The van der Waals surface area contributed by atoms with Gasteiger partial charge in [0.1, 0.15) is 16.4 Å². The minimum atomic E-state index is -3.98. The SMILES string of the molecule is Cc1cccc(S(=O)(=O)c2ccc(CNC(=O)c3cc4c([nH]3)CC3(CCCCCCCC3)NC4)cc2)c1F. The summed E-state index contributed by atoms with van der Waals surface area (Å²) in [6.07, 6.45) is 11.0. The van der Waals surface area contributed by atoms with Crippen LogP contribution in [-0.4, -0.2) is 24.8 Å². The number of hydrogen-bond donors (Lipinski definition) is 3. The van der Waals surface area contributed by atoms with Crippen LogP contribution in [0.25, 0.3) is 0 Å². The van der Waals surface area contributed by atoms with Gasteiger partial charge in [-0.2, -0.15) is 0 Å². The van der Waals surface area contributed by atoms with Crippen molar-refractivity contribution in [2.75, 3.05) is 0 Å². The monoisotopic (exact) mass is 537 g/mol. The Labute approximate surface area is 224 Å². The van der Waals surface area contributed by atoms with Crippen LogP contribution in [0.15, 0.2) is 58.3 Å². The third kappa shape index (κ3) is 5.57. The van der Waals surface area contributed by atoms with Gasteiger partial charge in [0.25, 0.3) is 5.91 Å². The standard InChI is InChI=1S/C30H36FN3O3S/c1-21-9-8-10-27(28(21)31)38(36,37)24-13-11-22(12-14-24)19-32-29(35)25-17-23-20-33-30(18-26(23)34-25)15-6-4-2-3-5-7-16-30/h8-14,17,33-34H,2-7,15-16,18-20H2,1H3,(H,32,35). The molecule has 8 heteroatoms. The van der Waals surface area contributed by atoms with E-state index in [1.54, 1.807) is 12.1 Å². The quantitative estimate of drug-likeness (QED) is 0.387. The van der Waals surface area contributed by atoms with Crippen LogP contribution in [-0.2, 0) is 29.3 Å². The summed E-state index contributed by atoms with van der Waals surface area (Å²) in [5.41, 5.74) is 4.02. The van der Waals surface area contributed by atoms with E-state index in [1.165, 1.54) is 88.6 Å². The largest absolute Gasteiger partial charge is 0.354 e. The number of nitrogens with one attached hydrogen (secondary N) is 3. The number of benzene rings is 2. The zero-order valence-electron chi connectivity index (χ0n) is 21.9. The molecule has 2 aliphatic rings. The van der Waals surface area contributed by atoms with Gasteiger partial charge in [-0.15, -0.1) is 0 Å². The van der Waals surface area contributed by atoms with Crippen LogP contribution in [0.2, 0.25) is 0 Å². The van der Waals surface area contributed by atoms with E-state index in [1.807, 2.05) is 6.07 Å². The van der Waals surface area contributed by atoms with E-state index >= 15 is 0 Å². The Bertz CT molecular complexity index is 1400. The fraction of sp³-hybridized carbons (Fsp3) is 0.433. The van der Waals surface area contributed by atoms with Crippen molar-refractivity contribution in [1.29, 1.82) is 0 Å². The smallest absolute Gasteiger partial charge is 0.267 e. The summed E-state index contributed by atoms with van der Waals surface area (Å²) >= 11 is 0. The van der Waals surface area contributed by atoms with E-state index in [9.17, 15) is 17.6 Å². The van der Waals surface area contributed by atoms with E-state index in [-0.39, 0.29) is 33.3 Å². The van der Waals surface area contributed by atoms with Crippen LogP contribution in [0.5, 0.6) is 0 Å². The Balaban J connectivity index is 1.22. The number of fused-ring (bicyclic) bond motifs is 1. The zero-order valence-corrected chi connectivity index (χ0v) is 22.7. The lowest BCUT2D eigenvalue weighted by Gasteiger charge is -2.38. The van der Waals surface area contributed by atoms with E-state index in [0.29, 0.717) is 5.69 Å². The first-order valence-corrected chi connectivity index (χ1v) is 15.1. The third-order valence-corrected chi connectivity index (χ3v) is 9.89. The van der Waals surface area contributed by atoms with Gasteiger partial charge in [0.15, 0.2) is 0 Å². The number of carbonyl (C=O) groups excluding carboxylic acids is 1. The lowest BCUT2D eigenvalue weighted by Crippen LogP contribution is -2.49. The molecule has 0 saturated heterocycles. The van der Waals surface area contributed by atoms with Crippen molar-refractivity contribution in [2.24, 2.45) is 0 Å². The second-order valence-electron chi connectivity index (χ2n) is 10.8. The van der Waals surface area contributed by atoms with Gasteiger partial charge in [0.05, 0.1) is 4.90 Å². The summed E-state index contributed by atoms with van der Waals surface area (Å²) < 4.78 is 40.3. The first-order chi connectivity index (χ1) is 18.3. The molecular formula is C30H36FN3O3S. The fourth-order valence-corrected chi connectivity index (χ4v) is 7.20. The highest BCUT2D eigenvalue weighted by Gasteiger charge is 2.35. The summed E-state index contributed by atoms with van der Waals surface area (Å²) in [6, 6.07) is 12.5. The van der Waals surface area contributed by atoms with Crippen LogP contribution >= 0.6 is 0 Å². The second kappa shape index (κ2) is 11.0. The van der Waals surface area contributed by atoms with Gasteiger partial charge in [-0.1, -0.05) is 62.8 Å². The maximum absolute atomic E-state index is 14.4. The number of sulfone groups is 1. The molecule has 1 aromatic heterocycles. The van der Waals surface area contributed by atoms with Gasteiger partial charge in [-0.05, 0) is 60.7 Å². The number of hydrogen-bond acceptors (Lipinski definition) is 4. The number of aryl methyl sites for hydroxylation is 1. The first-order valence-electron chi connectivity index (χ1n) is 13.6. The zero-order chi connectivity index (χ0) is 26.8. The maximum atomic E-state index is 14.4. The molecular weight excluding hydrogens is 501 g/mol. The number of H-pyrrole nitrogens is 1. The minimum absolute atomic E-state index is 0.0143. The van der Waals surface area contributed by atoms with Gasteiger partial charge in [-0.25, -0.2) is 12.8 Å². The van der Waals surface area contributed by atoms with Gasteiger partial charge in [0.2, 0.25) is 9.84 Å². The van der Waals surface area contributed by atoms with Crippen molar-refractivity contribution in [2.45, 2.75) is 93.1 Å². The highest BCUT2D eigenvalue weighted by Crippen LogP contribution is 2.33. The van der Waals surface area contributed by atoms with Gasteiger partial charge >= 0.3 is 0 Å². The van der Waals surface area contributed by atoms with Crippen molar-refractivity contribution in [1.82, 2.24) is 15.6 Å². The summed E-state index contributed by atoms with van der Waals surface area (Å²) in [6.45, 7) is 2.56. The minimum Gasteiger partial charge on any atom is -0.354 e. The van der Waals surface area contributed by atoms with Crippen molar-refractivity contribution in [3.63, 3.8) is 0 Å². The molecule has 1 fully saturated rings. The Morgan fingerprint density at radius 1 is 1.00 bits per heavy atom. The lowest BCUT2D eigenvalue weighted by atomic mass is 9.80. The number of amides is 1. The molecule has 1 aliphatic heterocycles. The highest BCUT2D eigenvalue weighted by molar-refractivity contribution is 7.91. The van der Waals surface area contributed by atoms with E-state index < -0.39 is 15.7 Å². The Morgan fingerprint density at radius 3 is 2.39 bits per heavy atom. The molecule has 3 N–H and O–H groups in total. The molecule has 1 spiro atoms. The number of halogens is 1. The molecule has 202 valence electrons. The molecule has 38 heavy (non-hydrogen) atoms. The van der Waals surface area contributed by atoms with Gasteiger partial charge in [-0.3, -0.25) is 4.79 Å². The summed E-state index contributed by atoms with van der Waals surface area (Å²) in [7, 11) is -3.98. The Morgan fingerprint density at radius 2 is 1.68 bits per heavy atom. The van der Waals surface area contributed by atoms with E-state index in [0.717, 1.165) is 29.8 Å². The van der Waals surface area contributed by atoms with Crippen molar-refractivity contribution < 1.29 is 17.6 Å². The molecule has 0 atom stereocenters. The van der Waals surface area contributed by atoms with Crippen LogP contribution in [0, 0.1) is 12.7 Å². The second-order valence-corrected chi connectivity index (χ2v) is 12.8. The fourth-order valence-electron chi connectivity index (χ4n) is 5.79. The molecule has 5 rings (SSSR count). The van der Waals surface area contributed by atoms with Gasteiger partial charge < -0.3 is 15.6 Å². The maximum Gasteiger partial charge on any atom is 0.267 e. The van der Waals surface area contributed by atoms with Crippen molar-refractivity contribution in [3.8, 4) is 0 Å². The van der Waals surface area contributed by atoms with E-state index in [4.69, 9.17) is 0 Å². The Hall–Kier alpha value is -2.97. The van der Waals surface area contributed by atoms with Gasteiger partial charge in [0, 0.05) is 30.7 Å². The highest BCUT2D eigenvalue weighted by atomic mass is 32.2. The number of rotatable bonds is 5. The predicted molar refractivity (Wildman–Crippen MR) is 145 cm³/mol. The molecule has 2 aromatic carbocycles. The third-order valence-electron chi connectivity index (χ3n) is 8.10. The molecule has 1 aliphatic carbocycles. The molecule has 0 radical (unpaired) electrons. The van der Waals surface area contributed by atoms with E-state index in [2.05, 4.69) is 15.6 Å². The number of aromatic amines is 1. The summed E-state index contributed by atoms with van der Waals surface area (Å²) in [5.74, 6) is -0.926. The average Bonchev–Trinajstić information content (AvgIpc) is 3.37. The first kappa shape index (κ1) is 26.6. The van der Waals surface area contributed by atoms with Crippen LogP contribution < -0.4 is 10.6 Å². The molecule has 0 bridgehead atoms. The topological polar surface area (TPSA) is 91.1 Å². The number of aromatic nitrogens is 1. The normalized spacial score (nSPS) is 17.7. The molecule has 6 nitrogen and oxygen atoms in total. The number of carbonyl (C=O) groups is 1. The lowest BCUT2D eigenvalue weighted by molar-refractivity contribution is 0.0946. The van der Waals surface area contributed by atoms with Crippen molar-refractivity contribution >= 4 is 15.7 Å². The molecule has 1 saturated carbocycles. The predicted octanol–water partition coefficient (Wildman–Crippen LogP) is 5.74. The van der Waals surface area contributed by atoms with Crippen LogP contribution in [0.4, 0.5) is 4.39 Å². The molecule has 1 amide bonds. The summed E-state index contributed by atoms with van der Waals surface area (Å²) in [4.78, 5) is 16.0. The van der Waals surface area contributed by atoms with Crippen LogP contribution in [0.1, 0.15) is 84.2 Å². The molecule has 0 unspecified atom stereocenters. The molecule has 3 aromatic rings.